The van der Waals surface area contributed by atoms with E-state index in [9.17, 15) is 0 Å². The topological polar surface area (TPSA) is 60.2 Å². The van der Waals surface area contributed by atoms with E-state index in [1.54, 1.807) is 14.0 Å². The lowest BCUT2D eigenvalue weighted by atomic mass is 10.4. The van der Waals surface area contributed by atoms with Crippen LogP contribution in [0.2, 0.25) is 0 Å². The van der Waals surface area contributed by atoms with Gasteiger partial charge >= 0.3 is 0 Å². The van der Waals surface area contributed by atoms with Crippen molar-refractivity contribution in [3.8, 4) is 0 Å². The maximum Gasteiger partial charge on any atom is 0.240 e. The number of rotatable bonds is 6. The Bertz CT molecular complexity index is 237. The van der Waals surface area contributed by atoms with E-state index in [-0.39, 0.29) is 0 Å². The largest absolute Gasteiger partial charge is 0.385 e. The molecule has 0 bridgehead atoms. The highest BCUT2D eigenvalue weighted by molar-refractivity contribution is 4.81. The van der Waals surface area contributed by atoms with Gasteiger partial charge in [-0.2, -0.15) is 4.98 Å². The minimum Gasteiger partial charge on any atom is -0.385 e. The van der Waals surface area contributed by atoms with Gasteiger partial charge in [0, 0.05) is 13.7 Å². The molecule has 0 aliphatic rings. The van der Waals surface area contributed by atoms with Gasteiger partial charge in [-0.25, -0.2) is 0 Å². The maximum atomic E-state index is 4.92. The van der Waals surface area contributed by atoms with E-state index in [2.05, 4.69) is 15.5 Å². The zero-order valence-electron chi connectivity index (χ0n) is 8.04. The molecule has 0 amide bonds. The molecule has 0 saturated carbocycles. The predicted molar refractivity (Wildman–Crippen MR) is 47.2 cm³/mol. The normalized spacial score (nSPS) is 10.6. The van der Waals surface area contributed by atoms with Gasteiger partial charge in [0.25, 0.3) is 0 Å². The van der Waals surface area contributed by atoms with Crippen LogP contribution in [0.3, 0.4) is 0 Å². The van der Waals surface area contributed by atoms with E-state index in [0.29, 0.717) is 18.3 Å². The third kappa shape index (κ3) is 4.00. The van der Waals surface area contributed by atoms with Gasteiger partial charge in [-0.1, -0.05) is 5.16 Å². The van der Waals surface area contributed by atoms with Gasteiger partial charge in [0.1, 0.15) is 0 Å². The van der Waals surface area contributed by atoms with Crippen LogP contribution in [-0.4, -0.2) is 30.4 Å². The molecular weight excluding hydrogens is 170 g/mol. The molecule has 1 heterocycles. The fraction of sp³-hybridized carbons (Fsp3) is 0.750. The molecule has 1 N–H and O–H groups in total. The summed E-state index contributed by atoms with van der Waals surface area (Å²) in [5.74, 6) is 1.31. The molecule has 1 rings (SSSR count). The molecule has 0 spiro atoms. The molecule has 0 unspecified atom stereocenters. The molecule has 1 aromatic rings. The number of methoxy groups -OCH3 is 1. The Kier molecular flexibility index (Phi) is 4.42. The molecular formula is C8H15N3O2. The monoisotopic (exact) mass is 185 g/mol. The van der Waals surface area contributed by atoms with E-state index < -0.39 is 0 Å². The predicted octanol–water partition coefficient (Wildman–Crippen LogP) is 0.504. The summed E-state index contributed by atoms with van der Waals surface area (Å²) >= 11 is 0. The van der Waals surface area contributed by atoms with Crippen LogP contribution in [0.5, 0.6) is 0 Å². The van der Waals surface area contributed by atoms with Crippen LogP contribution in [0.4, 0.5) is 0 Å². The zero-order valence-corrected chi connectivity index (χ0v) is 8.04. The van der Waals surface area contributed by atoms with Crippen molar-refractivity contribution in [1.82, 2.24) is 15.5 Å². The lowest BCUT2D eigenvalue weighted by Crippen LogP contribution is -2.16. The highest BCUT2D eigenvalue weighted by Crippen LogP contribution is 1.94. The summed E-state index contributed by atoms with van der Waals surface area (Å²) in [6.45, 7) is 4.10. The fourth-order valence-corrected chi connectivity index (χ4v) is 0.949. The van der Waals surface area contributed by atoms with Crippen LogP contribution < -0.4 is 5.32 Å². The van der Waals surface area contributed by atoms with Crippen molar-refractivity contribution in [2.45, 2.75) is 19.9 Å². The molecule has 0 saturated heterocycles. The second-order valence-electron chi connectivity index (χ2n) is 2.76. The van der Waals surface area contributed by atoms with Crippen molar-refractivity contribution in [2.75, 3.05) is 20.3 Å². The van der Waals surface area contributed by atoms with E-state index in [4.69, 9.17) is 9.26 Å². The minimum atomic E-state index is 0.630. The number of aromatic nitrogens is 2. The number of hydrogen-bond donors (Lipinski definition) is 1. The summed E-state index contributed by atoms with van der Waals surface area (Å²) in [5, 5.41) is 6.85. The quantitative estimate of drug-likeness (QED) is 0.654. The molecule has 0 aromatic carbocycles. The average molecular weight is 185 g/mol. The summed E-state index contributed by atoms with van der Waals surface area (Å²) in [5.41, 5.74) is 0. The highest BCUT2D eigenvalue weighted by Gasteiger charge is 2.00. The van der Waals surface area contributed by atoms with E-state index in [0.717, 1.165) is 19.6 Å². The van der Waals surface area contributed by atoms with Crippen LogP contribution in [0.15, 0.2) is 4.52 Å². The molecule has 13 heavy (non-hydrogen) atoms. The highest BCUT2D eigenvalue weighted by atomic mass is 16.5. The smallest absolute Gasteiger partial charge is 0.240 e. The first-order valence-electron chi connectivity index (χ1n) is 4.32. The lowest BCUT2D eigenvalue weighted by Gasteiger charge is -1.99. The number of ether oxygens (including phenoxy) is 1. The van der Waals surface area contributed by atoms with Crippen LogP contribution in [0.1, 0.15) is 18.1 Å². The van der Waals surface area contributed by atoms with Crippen molar-refractivity contribution >= 4 is 0 Å². The van der Waals surface area contributed by atoms with Crippen molar-refractivity contribution in [3.63, 3.8) is 0 Å². The van der Waals surface area contributed by atoms with Crippen LogP contribution in [-0.2, 0) is 11.3 Å². The summed E-state index contributed by atoms with van der Waals surface area (Å²) in [7, 11) is 1.70. The van der Waals surface area contributed by atoms with Crippen molar-refractivity contribution in [1.29, 1.82) is 0 Å². The maximum absolute atomic E-state index is 4.92. The van der Waals surface area contributed by atoms with Crippen molar-refractivity contribution < 1.29 is 9.26 Å². The molecule has 1 aromatic heterocycles. The standard InChI is InChI=1S/C8H15N3O2/c1-7-10-8(13-11-7)6-9-4-3-5-12-2/h9H,3-6H2,1-2H3. The molecule has 0 fully saturated rings. The summed E-state index contributed by atoms with van der Waals surface area (Å²) in [6.07, 6.45) is 0.990. The number of hydrogen-bond acceptors (Lipinski definition) is 5. The first-order chi connectivity index (χ1) is 6.33. The molecule has 0 radical (unpaired) electrons. The first kappa shape index (κ1) is 10.1. The van der Waals surface area contributed by atoms with Crippen molar-refractivity contribution in [2.24, 2.45) is 0 Å². The van der Waals surface area contributed by atoms with Gasteiger partial charge in [0.05, 0.1) is 6.54 Å². The summed E-state index contributed by atoms with van der Waals surface area (Å²) in [4.78, 5) is 4.06. The molecule has 5 nitrogen and oxygen atoms in total. The third-order valence-electron chi connectivity index (χ3n) is 1.55. The van der Waals surface area contributed by atoms with Gasteiger partial charge < -0.3 is 14.6 Å². The number of aryl methyl sites for hydroxylation is 1. The van der Waals surface area contributed by atoms with Crippen LogP contribution >= 0.6 is 0 Å². The van der Waals surface area contributed by atoms with Crippen LogP contribution in [0.25, 0.3) is 0 Å². The molecule has 0 aliphatic carbocycles. The Hall–Kier alpha value is -0.940. The van der Waals surface area contributed by atoms with Gasteiger partial charge in [-0.3, -0.25) is 0 Å². The Labute approximate surface area is 77.5 Å². The first-order valence-corrected chi connectivity index (χ1v) is 4.32. The molecule has 0 aliphatic heterocycles. The van der Waals surface area contributed by atoms with Gasteiger partial charge in [0.2, 0.25) is 5.89 Å². The second kappa shape index (κ2) is 5.66. The molecule has 0 atom stereocenters. The lowest BCUT2D eigenvalue weighted by molar-refractivity contribution is 0.194. The van der Waals surface area contributed by atoms with Gasteiger partial charge in [0.15, 0.2) is 5.82 Å². The Balaban J connectivity index is 2.06. The average Bonchev–Trinajstić information content (AvgIpc) is 2.51. The number of nitrogens with zero attached hydrogens (tertiary/aromatic N) is 2. The Morgan fingerprint density at radius 2 is 2.38 bits per heavy atom. The van der Waals surface area contributed by atoms with Gasteiger partial charge in [-0.05, 0) is 19.9 Å². The number of nitrogens with one attached hydrogen (secondary N) is 1. The summed E-state index contributed by atoms with van der Waals surface area (Å²) < 4.78 is 9.82. The minimum absolute atomic E-state index is 0.630. The zero-order chi connectivity index (χ0) is 9.52. The molecule has 74 valence electrons. The van der Waals surface area contributed by atoms with Crippen LogP contribution in [0, 0.1) is 6.92 Å². The van der Waals surface area contributed by atoms with E-state index in [1.807, 2.05) is 0 Å². The molecule has 5 heteroatoms. The third-order valence-corrected chi connectivity index (χ3v) is 1.55. The Morgan fingerprint density at radius 3 is 3.00 bits per heavy atom. The van der Waals surface area contributed by atoms with E-state index in [1.165, 1.54) is 0 Å². The SMILES string of the molecule is COCCCNCc1nc(C)no1. The van der Waals surface area contributed by atoms with E-state index >= 15 is 0 Å². The Morgan fingerprint density at radius 1 is 1.54 bits per heavy atom. The van der Waals surface area contributed by atoms with Crippen molar-refractivity contribution in [3.05, 3.63) is 11.7 Å². The summed E-state index contributed by atoms with van der Waals surface area (Å²) in [6, 6.07) is 0. The van der Waals surface area contributed by atoms with Gasteiger partial charge in [-0.15, -0.1) is 0 Å². The second-order valence-corrected chi connectivity index (χ2v) is 2.76. The fourth-order valence-electron chi connectivity index (χ4n) is 0.949.